The Bertz CT molecular complexity index is 391. The molecule has 0 spiro atoms. The van der Waals surface area contributed by atoms with Crippen molar-refractivity contribution in [1.29, 1.82) is 0 Å². The summed E-state index contributed by atoms with van der Waals surface area (Å²) < 4.78 is 25.9. The second kappa shape index (κ2) is 4.73. The van der Waals surface area contributed by atoms with Crippen molar-refractivity contribution >= 4 is 0 Å². The number of benzene rings is 1. The molecule has 3 heteroatoms. The number of halogens is 2. The largest absolute Gasteiger partial charge is 0.299 e. The third kappa shape index (κ3) is 3.25. The Morgan fingerprint density at radius 2 is 1.76 bits per heavy atom. The van der Waals surface area contributed by atoms with E-state index >= 15 is 0 Å². The van der Waals surface area contributed by atoms with Gasteiger partial charge in [0.05, 0.1) is 0 Å². The quantitative estimate of drug-likeness (QED) is 0.762. The molecule has 1 saturated heterocycles. The third-order valence-corrected chi connectivity index (χ3v) is 3.60. The van der Waals surface area contributed by atoms with Crippen LogP contribution < -0.4 is 0 Å². The molecule has 1 aliphatic heterocycles. The Labute approximate surface area is 101 Å². The molecule has 0 saturated carbocycles. The summed E-state index contributed by atoms with van der Waals surface area (Å²) in [6.45, 7) is 7.34. The molecule has 1 aliphatic rings. The minimum absolute atomic E-state index is 0.421. The van der Waals surface area contributed by atoms with E-state index in [1.807, 2.05) is 0 Å². The Hall–Kier alpha value is -0.960. The fraction of sp³-hybridized carbons (Fsp3) is 0.571. The van der Waals surface area contributed by atoms with E-state index in [2.05, 4.69) is 18.7 Å². The van der Waals surface area contributed by atoms with Gasteiger partial charge in [0.15, 0.2) is 11.6 Å². The topological polar surface area (TPSA) is 3.24 Å². The van der Waals surface area contributed by atoms with E-state index in [-0.39, 0.29) is 0 Å². The van der Waals surface area contributed by atoms with Crippen LogP contribution in [0.2, 0.25) is 0 Å². The molecule has 1 heterocycles. The van der Waals surface area contributed by atoms with Gasteiger partial charge in [-0.2, -0.15) is 0 Å². The minimum Gasteiger partial charge on any atom is -0.299 e. The van der Waals surface area contributed by atoms with E-state index in [0.717, 1.165) is 31.5 Å². The fourth-order valence-corrected chi connectivity index (χ4v) is 2.21. The molecule has 0 bridgehead atoms. The van der Waals surface area contributed by atoms with Gasteiger partial charge in [-0.25, -0.2) is 8.78 Å². The Balaban J connectivity index is 1.95. The van der Waals surface area contributed by atoms with Crippen LogP contribution in [-0.4, -0.2) is 18.0 Å². The first kappa shape index (κ1) is 12.5. The van der Waals surface area contributed by atoms with Gasteiger partial charge < -0.3 is 0 Å². The first-order valence-corrected chi connectivity index (χ1v) is 6.13. The minimum atomic E-state index is -0.770. The van der Waals surface area contributed by atoms with Gasteiger partial charge in [0.2, 0.25) is 0 Å². The van der Waals surface area contributed by atoms with Crippen LogP contribution >= 0.6 is 0 Å². The van der Waals surface area contributed by atoms with Crippen LogP contribution in [0.1, 0.15) is 32.3 Å². The molecule has 1 aromatic rings. The monoisotopic (exact) mass is 239 g/mol. The summed E-state index contributed by atoms with van der Waals surface area (Å²) in [6, 6.07) is 4.17. The molecule has 0 aromatic heterocycles. The fourth-order valence-electron chi connectivity index (χ4n) is 2.21. The molecule has 94 valence electrons. The maximum Gasteiger partial charge on any atom is 0.159 e. The zero-order valence-electron chi connectivity index (χ0n) is 10.5. The standard InChI is InChI=1S/C14H19F2N/c1-14(2)5-7-17(8-6-14)10-11-3-4-12(15)13(16)9-11/h3-4,9H,5-8,10H2,1-2H3. The molecule has 0 unspecified atom stereocenters. The smallest absolute Gasteiger partial charge is 0.159 e. The average Bonchev–Trinajstić information content (AvgIpc) is 2.27. The summed E-state index contributed by atoms with van der Waals surface area (Å²) in [5.41, 5.74) is 1.27. The lowest BCUT2D eigenvalue weighted by Gasteiger charge is -2.36. The van der Waals surface area contributed by atoms with Crippen LogP contribution in [0.3, 0.4) is 0 Å². The third-order valence-electron chi connectivity index (χ3n) is 3.60. The molecule has 1 nitrogen and oxygen atoms in total. The number of hydrogen-bond donors (Lipinski definition) is 0. The van der Waals surface area contributed by atoms with Gasteiger partial charge in [0.1, 0.15) is 0 Å². The van der Waals surface area contributed by atoms with Gasteiger partial charge in [-0.15, -0.1) is 0 Å². The molecule has 17 heavy (non-hydrogen) atoms. The van der Waals surface area contributed by atoms with Gasteiger partial charge in [-0.05, 0) is 49.0 Å². The van der Waals surface area contributed by atoms with Gasteiger partial charge in [0.25, 0.3) is 0 Å². The molecule has 2 rings (SSSR count). The van der Waals surface area contributed by atoms with E-state index in [1.54, 1.807) is 6.07 Å². The van der Waals surface area contributed by atoms with Crippen molar-refractivity contribution < 1.29 is 8.78 Å². The summed E-state index contributed by atoms with van der Waals surface area (Å²) >= 11 is 0. The highest BCUT2D eigenvalue weighted by Gasteiger charge is 2.25. The number of rotatable bonds is 2. The lowest BCUT2D eigenvalue weighted by atomic mass is 9.82. The molecular formula is C14H19F2N. The van der Waals surface area contributed by atoms with E-state index < -0.39 is 11.6 Å². The predicted octanol–water partition coefficient (Wildman–Crippen LogP) is 3.59. The van der Waals surface area contributed by atoms with E-state index in [4.69, 9.17) is 0 Å². The number of hydrogen-bond acceptors (Lipinski definition) is 1. The zero-order valence-corrected chi connectivity index (χ0v) is 10.5. The van der Waals surface area contributed by atoms with Crippen molar-refractivity contribution in [2.45, 2.75) is 33.2 Å². The zero-order chi connectivity index (χ0) is 12.5. The Morgan fingerprint density at radius 1 is 1.12 bits per heavy atom. The maximum absolute atomic E-state index is 13.1. The van der Waals surface area contributed by atoms with Crippen molar-refractivity contribution in [3.05, 3.63) is 35.4 Å². The molecule has 0 aliphatic carbocycles. The summed E-state index contributed by atoms with van der Waals surface area (Å²) in [4.78, 5) is 2.30. The lowest BCUT2D eigenvalue weighted by Crippen LogP contribution is -2.36. The van der Waals surface area contributed by atoms with Crippen molar-refractivity contribution in [2.75, 3.05) is 13.1 Å². The van der Waals surface area contributed by atoms with Crippen molar-refractivity contribution in [3.8, 4) is 0 Å². The normalized spacial score (nSPS) is 20.5. The van der Waals surface area contributed by atoms with Crippen LogP contribution in [0, 0.1) is 17.0 Å². The Kier molecular flexibility index (Phi) is 3.48. The summed E-state index contributed by atoms with van der Waals surface area (Å²) in [5, 5.41) is 0. The van der Waals surface area contributed by atoms with Crippen molar-refractivity contribution in [1.82, 2.24) is 4.90 Å². The highest BCUT2D eigenvalue weighted by molar-refractivity contribution is 5.17. The maximum atomic E-state index is 13.1. The molecule has 1 fully saturated rings. The van der Waals surface area contributed by atoms with Crippen LogP contribution in [0.5, 0.6) is 0 Å². The second-order valence-corrected chi connectivity index (χ2v) is 5.69. The van der Waals surface area contributed by atoms with Gasteiger partial charge in [-0.1, -0.05) is 19.9 Å². The first-order valence-electron chi connectivity index (χ1n) is 6.13. The van der Waals surface area contributed by atoms with Crippen LogP contribution in [0.4, 0.5) is 8.78 Å². The van der Waals surface area contributed by atoms with Crippen LogP contribution in [-0.2, 0) is 6.54 Å². The van der Waals surface area contributed by atoms with Crippen LogP contribution in [0.15, 0.2) is 18.2 Å². The van der Waals surface area contributed by atoms with Gasteiger partial charge in [0, 0.05) is 6.54 Å². The highest BCUT2D eigenvalue weighted by atomic mass is 19.2. The predicted molar refractivity (Wildman–Crippen MR) is 64.7 cm³/mol. The number of nitrogens with zero attached hydrogens (tertiary/aromatic N) is 1. The highest BCUT2D eigenvalue weighted by Crippen LogP contribution is 2.30. The number of likely N-dealkylation sites (tertiary alicyclic amines) is 1. The summed E-state index contributed by atoms with van der Waals surface area (Å²) in [5.74, 6) is -1.52. The average molecular weight is 239 g/mol. The van der Waals surface area contributed by atoms with E-state index in [9.17, 15) is 8.78 Å². The second-order valence-electron chi connectivity index (χ2n) is 5.69. The molecule has 0 N–H and O–H groups in total. The van der Waals surface area contributed by atoms with E-state index in [1.165, 1.54) is 12.1 Å². The summed E-state index contributed by atoms with van der Waals surface area (Å²) in [7, 11) is 0. The number of piperidine rings is 1. The Morgan fingerprint density at radius 3 is 2.35 bits per heavy atom. The molecule has 1 aromatic carbocycles. The van der Waals surface area contributed by atoms with Crippen molar-refractivity contribution in [3.63, 3.8) is 0 Å². The molecule has 0 radical (unpaired) electrons. The van der Waals surface area contributed by atoms with E-state index in [0.29, 0.717) is 12.0 Å². The molecular weight excluding hydrogens is 220 g/mol. The molecule has 0 amide bonds. The summed E-state index contributed by atoms with van der Waals surface area (Å²) in [6.07, 6.45) is 2.33. The van der Waals surface area contributed by atoms with Gasteiger partial charge in [-0.3, -0.25) is 4.90 Å². The molecule has 0 atom stereocenters. The lowest BCUT2D eigenvalue weighted by molar-refractivity contribution is 0.127. The van der Waals surface area contributed by atoms with Crippen LogP contribution in [0.25, 0.3) is 0 Å². The van der Waals surface area contributed by atoms with Crippen molar-refractivity contribution in [2.24, 2.45) is 5.41 Å². The first-order chi connectivity index (χ1) is 7.96. The SMILES string of the molecule is CC1(C)CCN(Cc2ccc(F)c(F)c2)CC1. The van der Waals surface area contributed by atoms with Gasteiger partial charge >= 0.3 is 0 Å².